The highest BCUT2D eigenvalue weighted by atomic mass is 35.5. The Morgan fingerprint density at radius 2 is 2.14 bits per heavy atom. The Hall–Kier alpha value is -1.52. The average Bonchev–Trinajstić information content (AvgIpc) is 3.03. The maximum absolute atomic E-state index is 13.4. The number of pyridine rings is 2. The topological polar surface area (TPSA) is 29.0 Å². The van der Waals surface area contributed by atoms with E-state index in [4.69, 9.17) is 11.6 Å². The van der Waals surface area contributed by atoms with Crippen molar-refractivity contribution in [1.82, 2.24) is 14.9 Å². The molecule has 0 unspecified atom stereocenters. The van der Waals surface area contributed by atoms with Gasteiger partial charge in [-0.25, -0.2) is 9.97 Å². The summed E-state index contributed by atoms with van der Waals surface area (Å²) < 4.78 is 13.4. The SMILES string of the molecule is CN1[C@@H]2CC[C@H]1[C@H](c1cnc(Cl)c(-c3ccnc(F)c3)c1)C2. The fourth-order valence-electron chi connectivity index (χ4n) is 4.06. The molecule has 2 bridgehead atoms. The summed E-state index contributed by atoms with van der Waals surface area (Å²) in [5, 5.41) is 0.408. The summed E-state index contributed by atoms with van der Waals surface area (Å²) in [5.74, 6) is -0.00224. The van der Waals surface area contributed by atoms with Gasteiger partial charge in [-0.15, -0.1) is 0 Å². The largest absolute Gasteiger partial charge is 0.300 e. The fraction of sp³-hybridized carbons (Fsp3) is 0.412. The van der Waals surface area contributed by atoms with Crippen molar-refractivity contribution in [1.29, 1.82) is 0 Å². The molecule has 114 valence electrons. The second kappa shape index (κ2) is 5.28. The van der Waals surface area contributed by atoms with E-state index >= 15 is 0 Å². The Balaban J connectivity index is 1.73. The van der Waals surface area contributed by atoms with Crippen molar-refractivity contribution >= 4 is 11.6 Å². The summed E-state index contributed by atoms with van der Waals surface area (Å²) in [4.78, 5) is 10.4. The van der Waals surface area contributed by atoms with Gasteiger partial charge in [0.25, 0.3) is 0 Å². The summed E-state index contributed by atoms with van der Waals surface area (Å²) in [6, 6.07) is 6.52. The van der Waals surface area contributed by atoms with E-state index in [1.807, 2.05) is 6.20 Å². The van der Waals surface area contributed by atoms with Crippen molar-refractivity contribution < 1.29 is 4.39 Å². The monoisotopic (exact) mass is 317 g/mol. The molecule has 0 aliphatic carbocycles. The first-order valence-electron chi connectivity index (χ1n) is 7.63. The van der Waals surface area contributed by atoms with Gasteiger partial charge in [0.05, 0.1) is 0 Å². The van der Waals surface area contributed by atoms with Gasteiger partial charge < -0.3 is 0 Å². The minimum Gasteiger partial charge on any atom is -0.300 e. The molecule has 2 saturated heterocycles. The van der Waals surface area contributed by atoms with Crippen molar-refractivity contribution in [3.8, 4) is 11.1 Å². The molecule has 2 fully saturated rings. The highest BCUT2D eigenvalue weighted by Crippen LogP contribution is 2.46. The lowest BCUT2D eigenvalue weighted by molar-refractivity contribution is 0.307. The molecule has 3 nitrogen and oxygen atoms in total. The Labute approximate surface area is 134 Å². The van der Waals surface area contributed by atoms with Gasteiger partial charge in [-0.3, -0.25) is 4.90 Å². The second-order valence-electron chi connectivity index (χ2n) is 6.28. The molecule has 0 amide bonds. The number of hydrogen-bond donors (Lipinski definition) is 0. The first-order valence-corrected chi connectivity index (χ1v) is 8.00. The van der Waals surface area contributed by atoms with E-state index in [9.17, 15) is 4.39 Å². The van der Waals surface area contributed by atoms with Crippen LogP contribution in [0.3, 0.4) is 0 Å². The van der Waals surface area contributed by atoms with E-state index < -0.39 is 5.95 Å². The van der Waals surface area contributed by atoms with Gasteiger partial charge in [-0.2, -0.15) is 4.39 Å². The third-order valence-corrected chi connectivity index (χ3v) is 5.51. The van der Waals surface area contributed by atoms with Crippen LogP contribution in [0.4, 0.5) is 4.39 Å². The molecular formula is C17H17ClFN3. The van der Waals surface area contributed by atoms with Crippen molar-refractivity contribution in [2.75, 3.05) is 7.05 Å². The maximum Gasteiger partial charge on any atom is 0.213 e. The van der Waals surface area contributed by atoms with Crippen molar-refractivity contribution in [3.63, 3.8) is 0 Å². The van der Waals surface area contributed by atoms with Crippen LogP contribution < -0.4 is 0 Å². The second-order valence-corrected chi connectivity index (χ2v) is 6.64. The molecule has 0 N–H and O–H groups in total. The number of fused-ring (bicyclic) bond motifs is 2. The lowest BCUT2D eigenvalue weighted by Gasteiger charge is -2.22. The summed E-state index contributed by atoms with van der Waals surface area (Å²) in [7, 11) is 2.21. The summed E-state index contributed by atoms with van der Waals surface area (Å²) in [6.45, 7) is 0. The molecule has 22 heavy (non-hydrogen) atoms. The van der Waals surface area contributed by atoms with Crippen LogP contribution in [0.1, 0.15) is 30.7 Å². The summed E-state index contributed by atoms with van der Waals surface area (Å²) in [6.07, 6.45) is 7.05. The highest BCUT2D eigenvalue weighted by Gasteiger charge is 2.44. The molecule has 4 heterocycles. The predicted octanol–water partition coefficient (Wildman–Crippen LogP) is 3.89. The van der Waals surface area contributed by atoms with Gasteiger partial charge in [0.15, 0.2) is 0 Å². The van der Waals surface area contributed by atoms with Gasteiger partial charge in [0.2, 0.25) is 5.95 Å². The van der Waals surface area contributed by atoms with Crippen molar-refractivity contribution in [2.24, 2.45) is 0 Å². The average molecular weight is 318 g/mol. The molecule has 3 atom stereocenters. The van der Waals surface area contributed by atoms with Crippen LogP contribution in [0.15, 0.2) is 30.6 Å². The van der Waals surface area contributed by atoms with Crippen molar-refractivity contribution in [2.45, 2.75) is 37.3 Å². The first-order chi connectivity index (χ1) is 10.6. The van der Waals surface area contributed by atoms with E-state index in [1.165, 1.54) is 37.1 Å². The summed E-state index contributed by atoms with van der Waals surface area (Å²) in [5.41, 5.74) is 2.71. The maximum atomic E-state index is 13.4. The molecule has 2 aromatic rings. The van der Waals surface area contributed by atoms with Gasteiger partial charge in [-0.1, -0.05) is 11.6 Å². The Kier molecular flexibility index (Phi) is 3.39. The molecule has 0 saturated carbocycles. The van der Waals surface area contributed by atoms with Crippen LogP contribution in [0.2, 0.25) is 5.15 Å². The van der Waals surface area contributed by atoms with Crippen LogP contribution in [0.25, 0.3) is 11.1 Å². The van der Waals surface area contributed by atoms with Gasteiger partial charge in [0, 0.05) is 42.0 Å². The lowest BCUT2D eigenvalue weighted by atomic mass is 9.84. The zero-order valence-corrected chi connectivity index (χ0v) is 13.1. The number of aromatic nitrogens is 2. The highest BCUT2D eigenvalue weighted by molar-refractivity contribution is 6.32. The Bertz CT molecular complexity index is 721. The van der Waals surface area contributed by atoms with Crippen LogP contribution in [0, 0.1) is 5.95 Å². The molecule has 2 aliphatic heterocycles. The molecule has 0 radical (unpaired) electrons. The fourth-order valence-corrected chi connectivity index (χ4v) is 4.27. The van der Waals surface area contributed by atoms with Gasteiger partial charge in [-0.05, 0) is 49.6 Å². The minimum atomic E-state index is -0.501. The standard InChI is InChI=1S/C17H17ClFN3/c1-22-12-2-3-15(22)13(8-12)11-6-14(17(18)21-9-11)10-4-5-20-16(19)7-10/h4-7,9,12-13,15H,2-3,8H2,1H3/t12-,13+,15+/m1/s1. The number of nitrogens with zero attached hydrogens (tertiary/aromatic N) is 3. The quantitative estimate of drug-likeness (QED) is 0.787. The molecule has 4 rings (SSSR count). The third-order valence-electron chi connectivity index (χ3n) is 5.21. The number of halogens is 2. The van der Waals surface area contributed by atoms with E-state index in [-0.39, 0.29) is 0 Å². The van der Waals surface area contributed by atoms with E-state index in [1.54, 1.807) is 6.07 Å². The Morgan fingerprint density at radius 3 is 2.82 bits per heavy atom. The predicted molar refractivity (Wildman–Crippen MR) is 84.4 cm³/mol. The normalized spacial score (nSPS) is 27.5. The molecule has 0 spiro atoms. The zero-order valence-electron chi connectivity index (χ0n) is 12.3. The molecular weight excluding hydrogens is 301 g/mol. The van der Waals surface area contributed by atoms with Crippen LogP contribution in [-0.2, 0) is 0 Å². The van der Waals surface area contributed by atoms with Crippen LogP contribution in [0.5, 0.6) is 0 Å². The molecule has 2 aliphatic rings. The minimum absolute atomic E-state index is 0.408. The molecule has 5 heteroatoms. The van der Waals surface area contributed by atoms with Crippen LogP contribution >= 0.6 is 11.6 Å². The van der Waals surface area contributed by atoms with Gasteiger partial charge in [0.1, 0.15) is 5.15 Å². The zero-order chi connectivity index (χ0) is 15.3. The molecule has 2 aromatic heterocycles. The first kappa shape index (κ1) is 14.1. The third kappa shape index (κ3) is 2.22. The number of hydrogen-bond acceptors (Lipinski definition) is 3. The van der Waals surface area contributed by atoms with Crippen molar-refractivity contribution in [3.05, 3.63) is 47.3 Å². The Morgan fingerprint density at radius 1 is 1.27 bits per heavy atom. The summed E-state index contributed by atoms with van der Waals surface area (Å²) >= 11 is 6.23. The van der Waals surface area contributed by atoms with Crippen LogP contribution in [-0.4, -0.2) is 34.0 Å². The number of likely N-dealkylation sites (N-methyl/N-ethyl adjacent to an activating group) is 1. The van der Waals surface area contributed by atoms with E-state index in [2.05, 4.69) is 28.0 Å². The lowest BCUT2D eigenvalue weighted by Crippen LogP contribution is -2.25. The smallest absolute Gasteiger partial charge is 0.213 e. The molecule has 0 aromatic carbocycles. The van der Waals surface area contributed by atoms with Gasteiger partial charge >= 0.3 is 0 Å². The van der Waals surface area contributed by atoms with E-state index in [0.717, 1.165) is 11.1 Å². The number of rotatable bonds is 2. The van der Waals surface area contributed by atoms with E-state index in [0.29, 0.717) is 23.2 Å².